The SMILES string of the molecule is CCOc1ccccc1C(=O)Nc1nnc(-c2cccs2)o1. The van der Waals surface area contributed by atoms with E-state index < -0.39 is 0 Å². The van der Waals surface area contributed by atoms with Crippen LogP contribution in [0.25, 0.3) is 10.8 Å². The first-order valence-electron chi connectivity index (χ1n) is 6.68. The van der Waals surface area contributed by atoms with Crippen molar-refractivity contribution in [2.45, 2.75) is 6.92 Å². The van der Waals surface area contributed by atoms with Gasteiger partial charge in [-0.1, -0.05) is 23.3 Å². The molecule has 1 aromatic carbocycles. The maximum absolute atomic E-state index is 12.3. The van der Waals surface area contributed by atoms with E-state index in [1.54, 1.807) is 18.2 Å². The molecule has 3 aromatic rings. The molecule has 2 heterocycles. The fourth-order valence-electron chi connectivity index (χ4n) is 1.87. The van der Waals surface area contributed by atoms with Crippen LogP contribution in [-0.4, -0.2) is 22.7 Å². The summed E-state index contributed by atoms with van der Waals surface area (Å²) in [6, 6.07) is 10.8. The second-order valence-corrected chi connectivity index (χ2v) is 5.22. The third-order valence-electron chi connectivity index (χ3n) is 2.81. The standard InChI is InChI=1S/C15H13N3O3S/c1-2-20-11-7-4-3-6-10(11)13(19)16-15-18-17-14(21-15)12-8-5-9-22-12/h3-9H,2H2,1H3,(H,16,18,19). The van der Waals surface area contributed by atoms with Crippen molar-refractivity contribution in [1.82, 2.24) is 10.2 Å². The predicted octanol–water partition coefficient (Wildman–Crippen LogP) is 3.45. The van der Waals surface area contributed by atoms with Crippen LogP contribution in [0.4, 0.5) is 6.01 Å². The molecule has 7 heteroatoms. The van der Waals surface area contributed by atoms with E-state index in [-0.39, 0.29) is 11.9 Å². The molecule has 0 aliphatic carbocycles. The van der Waals surface area contributed by atoms with Gasteiger partial charge in [0.15, 0.2) is 0 Å². The lowest BCUT2D eigenvalue weighted by molar-refractivity contribution is 0.102. The molecule has 0 aliphatic rings. The highest BCUT2D eigenvalue weighted by Crippen LogP contribution is 2.25. The molecule has 22 heavy (non-hydrogen) atoms. The van der Waals surface area contributed by atoms with Gasteiger partial charge in [0.1, 0.15) is 5.75 Å². The van der Waals surface area contributed by atoms with E-state index in [2.05, 4.69) is 15.5 Å². The molecule has 0 saturated heterocycles. The molecule has 0 atom stereocenters. The topological polar surface area (TPSA) is 77.2 Å². The van der Waals surface area contributed by atoms with Crippen LogP contribution in [0.5, 0.6) is 5.75 Å². The number of benzene rings is 1. The number of thiophene rings is 1. The lowest BCUT2D eigenvalue weighted by atomic mass is 10.2. The lowest BCUT2D eigenvalue weighted by Gasteiger charge is -2.08. The number of para-hydroxylation sites is 1. The molecule has 112 valence electrons. The van der Waals surface area contributed by atoms with Gasteiger partial charge >= 0.3 is 6.01 Å². The summed E-state index contributed by atoms with van der Waals surface area (Å²) in [6.45, 7) is 2.34. The lowest BCUT2D eigenvalue weighted by Crippen LogP contribution is -2.13. The van der Waals surface area contributed by atoms with Crippen LogP contribution in [0.3, 0.4) is 0 Å². The number of hydrogen-bond donors (Lipinski definition) is 1. The third-order valence-corrected chi connectivity index (χ3v) is 3.67. The molecular formula is C15H13N3O3S. The number of hydrogen-bond acceptors (Lipinski definition) is 6. The minimum absolute atomic E-state index is 0.0553. The van der Waals surface area contributed by atoms with Crippen molar-refractivity contribution in [1.29, 1.82) is 0 Å². The Hall–Kier alpha value is -2.67. The van der Waals surface area contributed by atoms with Gasteiger partial charge in [0.25, 0.3) is 11.8 Å². The van der Waals surface area contributed by atoms with Crippen molar-refractivity contribution >= 4 is 23.3 Å². The zero-order valence-corrected chi connectivity index (χ0v) is 12.6. The van der Waals surface area contributed by atoms with Gasteiger partial charge in [-0.3, -0.25) is 10.1 Å². The Labute approximate surface area is 130 Å². The van der Waals surface area contributed by atoms with Crippen LogP contribution in [0.1, 0.15) is 17.3 Å². The number of amides is 1. The van der Waals surface area contributed by atoms with Gasteiger partial charge in [0.05, 0.1) is 17.0 Å². The first-order valence-corrected chi connectivity index (χ1v) is 7.56. The molecule has 1 amide bonds. The molecule has 0 saturated carbocycles. The average molecular weight is 315 g/mol. The van der Waals surface area contributed by atoms with Crippen molar-refractivity contribution in [3.05, 3.63) is 47.3 Å². The second-order valence-electron chi connectivity index (χ2n) is 4.27. The number of ether oxygens (including phenoxy) is 1. The molecule has 0 aliphatic heterocycles. The average Bonchev–Trinajstić information content (AvgIpc) is 3.19. The number of anilines is 1. The molecule has 0 radical (unpaired) electrons. The molecule has 1 N–H and O–H groups in total. The number of rotatable bonds is 5. The highest BCUT2D eigenvalue weighted by atomic mass is 32.1. The summed E-state index contributed by atoms with van der Waals surface area (Å²) in [4.78, 5) is 13.1. The van der Waals surface area contributed by atoms with Gasteiger partial charge in [-0.25, -0.2) is 0 Å². The van der Waals surface area contributed by atoms with E-state index >= 15 is 0 Å². The minimum atomic E-state index is -0.356. The van der Waals surface area contributed by atoms with Gasteiger partial charge in [0, 0.05) is 0 Å². The Bertz CT molecular complexity index is 768. The van der Waals surface area contributed by atoms with E-state index in [9.17, 15) is 4.79 Å². The van der Waals surface area contributed by atoms with E-state index in [0.29, 0.717) is 23.8 Å². The second kappa shape index (κ2) is 6.40. The first kappa shape index (κ1) is 14.3. The first-order chi connectivity index (χ1) is 10.8. The van der Waals surface area contributed by atoms with Gasteiger partial charge in [-0.05, 0) is 30.5 Å². The van der Waals surface area contributed by atoms with E-state index in [4.69, 9.17) is 9.15 Å². The number of carbonyl (C=O) groups excluding carboxylic acids is 1. The van der Waals surface area contributed by atoms with Crippen LogP contribution >= 0.6 is 11.3 Å². The van der Waals surface area contributed by atoms with Crippen LogP contribution in [0.2, 0.25) is 0 Å². The van der Waals surface area contributed by atoms with Crippen molar-refractivity contribution in [3.63, 3.8) is 0 Å². The van der Waals surface area contributed by atoms with Crippen LogP contribution < -0.4 is 10.1 Å². The zero-order chi connectivity index (χ0) is 15.4. The molecule has 3 rings (SSSR count). The molecule has 0 spiro atoms. The molecule has 0 bridgehead atoms. The van der Waals surface area contributed by atoms with Gasteiger partial charge in [-0.15, -0.1) is 16.4 Å². The number of nitrogens with zero attached hydrogens (tertiary/aromatic N) is 2. The normalized spacial score (nSPS) is 10.4. The minimum Gasteiger partial charge on any atom is -0.493 e. The van der Waals surface area contributed by atoms with Crippen molar-refractivity contribution in [2.75, 3.05) is 11.9 Å². The fourth-order valence-corrected chi connectivity index (χ4v) is 2.52. The third kappa shape index (κ3) is 2.99. The van der Waals surface area contributed by atoms with Crippen molar-refractivity contribution in [2.24, 2.45) is 0 Å². The van der Waals surface area contributed by atoms with Gasteiger partial charge in [-0.2, -0.15) is 0 Å². The Morgan fingerprint density at radius 3 is 2.91 bits per heavy atom. The van der Waals surface area contributed by atoms with Crippen LogP contribution in [0.15, 0.2) is 46.2 Å². The van der Waals surface area contributed by atoms with Gasteiger partial charge in [0.2, 0.25) is 0 Å². The fraction of sp³-hybridized carbons (Fsp3) is 0.133. The number of carbonyl (C=O) groups is 1. The number of aromatic nitrogens is 2. The molecule has 6 nitrogen and oxygen atoms in total. The zero-order valence-electron chi connectivity index (χ0n) is 11.8. The summed E-state index contributed by atoms with van der Waals surface area (Å²) in [5, 5.41) is 12.2. The predicted molar refractivity (Wildman–Crippen MR) is 83.2 cm³/mol. The van der Waals surface area contributed by atoms with Gasteiger partial charge < -0.3 is 9.15 Å². The van der Waals surface area contributed by atoms with Crippen molar-refractivity contribution in [3.8, 4) is 16.5 Å². The molecule has 2 aromatic heterocycles. The summed E-state index contributed by atoms with van der Waals surface area (Å²) in [5.74, 6) is 0.536. The highest BCUT2D eigenvalue weighted by molar-refractivity contribution is 7.13. The Morgan fingerprint density at radius 1 is 1.27 bits per heavy atom. The summed E-state index contributed by atoms with van der Waals surface area (Å²) in [5.41, 5.74) is 0.417. The largest absolute Gasteiger partial charge is 0.493 e. The quantitative estimate of drug-likeness (QED) is 0.780. The van der Waals surface area contributed by atoms with E-state index in [1.807, 2.05) is 30.5 Å². The monoisotopic (exact) mass is 315 g/mol. The maximum atomic E-state index is 12.3. The van der Waals surface area contributed by atoms with E-state index in [1.165, 1.54) is 11.3 Å². The van der Waals surface area contributed by atoms with Crippen molar-refractivity contribution < 1.29 is 13.9 Å². The number of nitrogens with one attached hydrogen (secondary N) is 1. The Morgan fingerprint density at radius 2 is 2.14 bits per heavy atom. The summed E-state index contributed by atoms with van der Waals surface area (Å²) in [7, 11) is 0. The summed E-state index contributed by atoms with van der Waals surface area (Å²) < 4.78 is 10.9. The van der Waals surface area contributed by atoms with E-state index in [0.717, 1.165) is 4.88 Å². The molecular weight excluding hydrogens is 302 g/mol. The maximum Gasteiger partial charge on any atom is 0.322 e. The van der Waals surface area contributed by atoms with Crippen LogP contribution in [-0.2, 0) is 0 Å². The molecule has 0 fully saturated rings. The molecule has 0 unspecified atom stereocenters. The Balaban J connectivity index is 1.77. The van der Waals surface area contributed by atoms with Crippen LogP contribution in [0, 0.1) is 0 Å². The Kier molecular flexibility index (Phi) is 4.15. The smallest absolute Gasteiger partial charge is 0.322 e. The highest BCUT2D eigenvalue weighted by Gasteiger charge is 2.16. The summed E-state index contributed by atoms with van der Waals surface area (Å²) >= 11 is 1.48. The summed E-state index contributed by atoms with van der Waals surface area (Å²) in [6.07, 6.45) is 0.